The number of nitrogens with zero attached hydrogens (tertiary/aromatic N) is 3. The first-order valence-corrected chi connectivity index (χ1v) is 14.3. The minimum atomic E-state index is -4.98. The average molecular weight is 669 g/mol. The van der Waals surface area contributed by atoms with E-state index in [2.05, 4.69) is 99.0 Å². The smallest absolute Gasteiger partial charge is 0.214 e. The van der Waals surface area contributed by atoms with Gasteiger partial charge < -0.3 is 16.0 Å². The van der Waals surface area contributed by atoms with Crippen LogP contribution in [-0.4, -0.2) is 61.7 Å². The van der Waals surface area contributed by atoms with Crippen LogP contribution in [0.2, 0.25) is 0 Å². The Labute approximate surface area is 242 Å². The predicted molar refractivity (Wildman–Crippen MR) is 142 cm³/mol. The summed E-state index contributed by atoms with van der Waals surface area (Å²) in [6.07, 6.45) is 0. The third-order valence-electron chi connectivity index (χ3n) is 2.67. The Morgan fingerprint density at radius 3 is 0.722 bits per heavy atom. The fourth-order valence-corrected chi connectivity index (χ4v) is 3.07. The van der Waals surface area contributed by atoms with Crippen LogP contribution in [0.3, 0.4) is 0 Å². The maximum Gasteiger partial charge on any atom is 4.00 e. The third-order valence-corrected chi connectivity index (χ3v) is 4.05. The standard InChI is InChI=1S/3C6H14N.C5H5.C2HF6Ge.Zr/c3*1-5(2)7-6(3)4;1-2-4-5-3-1;3-1(4,5)9-2(6,7)8;/h3*5-6H,1-4H3;1-5H;9H;/q4*-1;;+4. The van der Waals surface area contributed by atoms with Gasteiger partial charge in [-0.05, 0) is 0 Å². The van der Waals surface area contributed by atoms with E-state index in [1.165, 1.54) is 0 Å². The van der Waals surface area contributed by atoms with Crippen LogP contribution in [0.25, 0.3) is 16.0 Å². The molecule has 0 heterocycles. The summed E-state index contributed by atoms with van der Waals surface area (Å²) < 4.78 is 65.4. The molecule has 1 aromatic carbocycles. The predicted octanol–water partition coefficient (Wildman–Crippen LogP) is 9.40. The van der Waals surface area contributed by atoms with Crippen molar-refractivity contribution in [3.63, 3.8) is 0 Å². The van der Waals surface area contributed by atoms with Gasteiger partial charge in [0.05, 0.1) is 0 Å². The minimum Gasteiger partial charge on any atom is -0.214 e. The second-order valence-electron chi connectivity index (χ2n) is 9.20. The molecule has 0 atom stereocenters. The Hall–Kier alpha value is 0.236. The van der Waals surface area contributed by atoms with Gasteiger partial charge in [0.25, 0.3) is 0 Å². The maximum atomic E-state index is 10.9. The molecule has 0 aliphatic heterocycles. The molecule has 213 valence electrons. The number of halogens is 6. The molecule has 1 rings (SSSR count). The third kappa shape index (κ3) is 70.0. The Kier molecular flexibility index (Phi) is 34.4. The van der Waals surface area contributed by atoms with Crippen LogP contribution in [0.15, 0.2) is 30.3 Å². The number of rotatable bonds is 6. The zero-order valence-corrected chi connectivity index (χ0v) is 28.9. The Balaban J connectivity index is -0.000000111. The molecule has 0 aliphatic carbocycles. The van der Waals surface area contributed by atoms with Gasteiger partial charge >= 0.3 is 78.0 Å². The number of hydrogen-bond donors (Lipinski definition) is 0. The molecule has 1 radical (unpaired) electrons. The van der Waals surface area contributed by atoms with Gasteiger partial charge in [-0.15, -0.1) is 36.3 Å². The number of hydrogen-bond acceptors (Lipinski definition) is 0. The van der Waals surface area contributed by atoms with Crippen molar-refractivity contribution in [3.05, 3.63) is 46.3 Å². The molecular weight excluding hydrogens is 620 g/mol. The van der Waals surface area contributed by atoms with Gasteiger partial charge in [0.2, 0.25) is 0 Å². The second kappa shape index (κ2) is 26.8. The SMILES string of the molecule is CC(C)[N-]C(C)C.CC(C)[N-]C(C)C.CC(C)[N-]C(C)C.F[C](F)(F)[GeH][C](F)(F)F.[Zr+4].c1cc[cH-]c1. The molecule has 0 aliphatic rings. The van der Waals surface area contributed by atoms with E-state index in [1.54, 1.807) is 0 Å². The van der Waals surface area contributed by atoms with E-state index in [1.807, 2.05) is 30.3 Å². The van der Waals surface area contributed by atoms with Crippen LogP contribution >= 0.6 is 0 Å². The maximum absolute atomic E-state index is 10.9. The largest absolute Gasteiger partial charge is 4.00 e. The van der Waals surface area contributed by atoms with Crippen LogP contribution in [0.4, 0.5) is 26.3 Å². The normalized spacial score (nSPS) is 11.1. The zero-order valence-electron chi connectivity index (χ0n) is 24.0. The fraction of sp³-hybridized carbons (Fsp3) is 0.800. The molecule has 0 bridgehead atoms. The van der Waals surface area contributed by atoms with Gasteiger partial charge in [0, 0.05) is 0 Å². The van der Waals surface area contributed by atoms with Crippen LogP contribution in [0, 0.1) is 0 Å². The van der Waals surface area contributed by atoms with E-state index in [4.69, 9.17) is 0 Å². The first-order chi connectivity index (χ1) is 15.6. The zero-order chi connectivity index (χ0) is 28.8. The van der Waals surface area contributed by atoms with Gasteiger partial charge in [-0.3, -0.25) is 0 Å². The van der Waals surface area contributed by atoms with Gasteiger partial charge in [-0.2, -0.15) is 18.2 Å². The van der Waals surface area contributed by atoms with Crippen LogP contribution in [0.5, 0.6) is 0 Å². The molecule has 11 heteroatoms. The minimum absolute atomic E-state index is 0. The summed E-state index contributed by atoms with van der Waals surface area (Å²) in [6, 6.07) is 13.0. The summed E-state index contributed by atoms with van der Waals surface area (Å²) in [7, 11) is 0. The Morgan fingerprint density at radius 2 is 0.694 bits per heavy atom. The summed E-state index contributed by atoms with van der Waals surface area (Å²) in [5.74, 6) is 0. The van der Waals surface area contributed by atoms with E-state index < -0.39 is 25.4 Å². The Bertz CT molecular complexity index is 438. The van der Waals surface area contributed by atoms with E-state index in [-0.39, 0.29) is 26.2 Å². The van der Waals surface area contributed by atoms with Crippen LogP contribution in [0.1, 0.15) is 83.1 Å². The fourth-order valence-electron chi connectivity index (χ4n) is 2.30. The molecule has 36 heavy (non-hydrogen) atoms. The molecule has 0 amide bonds. The summed E-state index contributed by atoms with van der Waals surface area (Å²) >= 11 is -4.06. The van der Waals surface area contributed by atoms with Crippen molar-refractivity contribution < 1.29 is 52.5 Å². The molecule has 3 nitrogen and oxygen atoms in total. The van der Waals surface area contributed by atoms with Gasteiger partial charge in [-0.1, -0.05) is 83.1 Å². The topological polar surface area (TPSA) is 42.3 Å². The molecule has 0 fully saturated rings. The quantitative estimate of drug-likeness (QED) is 0.165. The first kappa shape index (κ1) is 46.1. The number of alkyl halides is 6. The average Bonchev–Trinajstić information content (AvgIpc) is 3.07. The molecule has 0 saturated carbocycles. The van der Waals surface area contributed by atoms with Gasteiger partial charge in [0.15, 0.2) is 0 Å². The summed E-state index contributed by atoms with van der Waals surface area (Å²) in [5.41, 5.74) is 0. The van der Waals surface area contributed by atoms with Crippen molar-refractivity contribution in [2.45, 2.75) is 129 Å². The van der Waals surface area contributed by atoms with Gasteiger partial charge in [-0.25, -0.2) is 12.1 Å². The van der Waals surface area contributed by atoms with Crippen molar-refractivity contribution in [1.82, 2.24) is 0 Å². The van der Waals surface area contributed by atoms with Crippen molar-refractivity contribution in [2.24, 2.45) is 0 Å². The van der Waals surface area contributed by atoms with E-state index in [0.717, 1.165) is 0 Å². The molecule has 0 N–H and O–H groups in total. The second-order valence-corrected chi connectivity index (χ2v) is 12.6. The molecule has 0 saturated heterocycles. The molecule has 0 aromatic heterocycles. The van der Waals surface area contributed by atoms with Crippen molar-refractivity contribution in [1.29, 1.82) is 0 Å². The summed E-state index contributed by atoms with van der Waals surface area (Å²) in [6.45, 7) is 25.2. The summed E-state index contributed by atoms with van der Waals surface area (Å²) in [4.78, 5) is 0. The van der Waals surface area contributed by atoms with E-state index in [9.17, 15) is 26.3 Å². The van der Waals surface area contributed by atoms with Crippen molar-refractivity contribution >= 4 is 15.4 Å². The van der Waals surface area contributed by atoms with Crippen molar-refractivity contribution in [3.8, 4) is 0 Å². The monoisotopic (exact) mass is 668 g/mol. The molecule has 0 unspecified atom stereocenters. The molecule has 0 spiro atoms. The Morgan fingerprint density at radius 1 is 0.500 bits per heavy atom. The first-order valence-electron chi connectivity index (χ1n) is 11.9. The van der Waals surface area contributed by atoms with Crippen LogP contribution < -0.4 is 0 Å². The van der Waals surface area contributed by atoms with Gasteiger partial charge in [0.1, 0.15) is 0 Å². The molecule has 1 aromatic rings. The van der Waals surface area contributed by atoms with E-state index in [0.29, 0.717) is 36.3 Å². The molecular formula is C25H48F6GeN3Zr. The van der Waals surface area contributed by atoms with E-state index >= 15 is 0 Å². The summed E-state index contributed by atoms with van der Waals surface area (Å²) in [5, 5.41) is 2.86. The van der Waals surface area contributed by atoms with Crippen LogP contribution in [-0.2, 0) is 26.2 Å². The van der Waals surface area contributed by atoms with Crippen molar-refractivity contribution in [2.75, 3.05) is 0 Å².